The lowest BCUT2D eigenvalue weighted by molar-refractivity contribution is 0.356. The second-order valence-corrected chi connectivity index (χ2v) is 4.57. The van der Waals surface area contributed by atoms with E-state index in [1.54, 1.807) is 18.2 Å². The molecule has 0 aliphatic rings. The third-order valence-electron chi connectivity index (χ3n) is 2.70. The highest BCUT2D eigenvalue weighted by molar-refractivity contribution is 6.30. The van der Waals surface area contributed by atoms with Gasteiger partial charge in [0.1, 0.15) is 11.5 Å². The number of benzene rings is 1. The summed E-state index contributed by atoms with van der Waals surface area (Å²) in [5.74, 6) is 0.146. The van der Waals surface area contributed by atoms with Crippen molar-refractivity contribution in [3.63, 3.8) is 0 Å². The number of nitrogens with zero attached hydrogens (tertiary/aromatic N) is 1. The molecular weight excluding hydrogens is 255 g/mol. The smallest absolute Gasteiger partial charge is 0.154 e. The molecule has 5 heteroatoms. The standard InChI is InChI=1S/C13H14ClFN2O/c1-2-3-11(16)13-7-12(17-18-13)9-5-4-8(14)6-10(9)15/h4-7,11H,2-3,16H2,1H3. The molecule has 1 atom stereocenters. The maximum Gasteiger partial charge on any atom is 0.154 e. The lowest BCUT2D eigenvalue weighted by atomic mass is 10.1. The Morgan fingerprint density at radius 3 is 2.89 bits per heavy atom. The van der Waals surface area contributed by atoms with E-state index in [0.29, 0.717) is 22.0 Å². The summed E-state index contributed by atoms with van der Waals surface area (Å²) in [5, 5.41) is 4.19. The third-order valence-corrected chi connectivity index (χ3v) is 2.94. The van der Waals surface area contributed by atoms with Crippen molar-refractivity contribution < 1.29 is 8.91 Å². The fourth-order valence-electron chi connectivity index (χ4n) is 1.74. The summed E-state index contributed by atoms with van der Waals surface area (Å²) in [6, 6.07) is 5.90. The van der Waals surface area contributed by atoms with Crippen molar-refractivity contribution in [2.45, 2.75) is 25.8 Å². The first-order chi connectivity index (χ1) is 8.61. The number of rotatable bonds is 4. The summed E-state index contributed by atoms with van der Waals surface area (Å²) < 4.78 is 18.8. The summed E-state index contributed by atoms with van der Waals surface area (Å²) in [7, 11) is 0. The van der Waals surface area contributed by atoms with Gasteiger partial charge in [0.05, 0.1) is 6.04 Å². The van der Waals surface area contributed by atoms with E-state index >= 15 is 0 Å². The van der Waals surface area contributed by atoms with E-state index in [0.717, 1.165) is 12.8 Å². The molecule has 2 N–H and O–H groups in total. The Morgan fingerprint density at radius 2 is 2.22 bits per heavy atom. The normalized spacial score (nSPS) is 12.7. The predicted octanol–water partition coefficient (Wildman–Crippen LogP) is 3.93. The molecule has 0 aliphatic heterocycles. The van der Waals surface area contributed by atoms with Crippen LogP contribution in [0, 0.1) is 5.82 Å². The van der Waals surface area contributed by atoms with E-state index in [1.807, 2.05) is 6.92 Å². The summed E-state index contributed by atoms with van der Waals surface area (Å²) >= 11 is 5.70. The SMILES string of the molecule is CCCC(N)c1cc(-c2ccc(Cl)cc2F)no1. The topological polar surface area (TPSA) is 52.0 Å². The van der Waals surface area contributed by atoms with Gasteiger partial charge in [-0.3, -0.25) is 0 Å². The first kappa shape index (κ1) is 13.1. The van der Waals surface area contributed by atoms with E-state index in [9.17, 15) is 4.39 Å². The molecule has 0 radical (unpaired) electrons. The van der Waals surface area contributed by atoms with Gasteiger partial charge in [0.25, 0.3) is 0 Å². The van der Waals surface area contributed by atoms with Gasteiger partial charge in [-0.25, -0.2) is 4.39 Å². The molecule has 1 aromatic carbocycles. The van der Waals surface area contributed by atoms with Crippen LogP contribution in [-0.4, -0.2) is 5.16 Å². The van der Waals surface area contributed by atoms with Crippen LogP contribution in [0.4, 0.5) is 4.39 Å². The highest BCUT2D eigenvalue weighted by atomic mass is 35.5. The molecule has 0 amide bonds. The van der Waals surface area contributed by atoms with Crippen LogP contribution in [0.2, 0.25) is 5.02 Å². The minimum absolute atomic E-state index is 0.202. The Balaban J connectivity index is 2.29. The molecule has 0 fully saturated rings. The van der Waals surface area contributed by atoms with Crippen molar-refractivity contribution in [3.8, 4) is 11.3 Å². The first-order valence-corrected chi connectivity index (χ1v) is 6.17. The third kappa shape index (κ3) is 2.71. The minimum atomic E-state index is -0.425. The second kappa shape index (κ2) is 5.50. The van der Waals surface area contributed by atoms with Crippen LogP contribution >= 0.6 is 11.6 Å². The van der Waals surface area contributed by atoms with E-state index in [-0.39, 0.29) is 6.04 Å². The zero-order valence-electron chi connectivity index (χ0n) is 9.99. The molecule has 0 aliphatic carbocycles. The summed E-state index contributed by atoms with van der Waals surface area (Å²) in [6.07, 6.45) is 1.75. The van der Waals surface area contributed by atoms with Gasteiger partial charge in [0.2, 0.25) is 0 Å². The second-order valence-electron chi connectivity index (χ2n) is 4.13. The predicted molar refractivity (Wildman–Crippen MR) is 68.7 cm³/mol. The number of nitrogens with two attached hydrogens (primary N) is 1. The van der Waals surface area contributed by atoms with Crippen molar-refractivity contribution in [2.75, 3.05) is 0 Å². The van der Waals surface area contributed by atoms with Crippen LogP contribution < -0.4 is 5.73 Å². The highest BCUT2D eigenvalue weighted by Crippen LogP contribution is 2.27. The molecule has 0 spiro atoms. The van der Waals surface area contributed by atoms with Crippen molar-refractivity contribution >= 4 is 11.6 Å². The Hall–Kier alpha value is -1.39. The van der Waals surface area contributed by atoms with Crippen LogP contribution in [0.3, 0.4) is 0 Å². The van der Waals surface area contributed by atoms with Crippen LogP contribution in [0.5, 0.6) is 0 Å². The molecule has 96 valence electrons. The summed E-state index contributed by atoms with van der Waals surface area (Å²) in [5.41, 5.74) is 6.71. The first-order valence-electron chi connectivity index (χ1n) is 5.79. The van der Waals surface area contributed by atoms with E-state index < -0.39 is 5.82 Å². The zero-order chi connectivity index (χ0) is 13.1. The summed E-state index contributed by atoms with van der Waals surface area (Å²) in [6.45, 7) is 2.04. The van der Waals surface area contributed by atoms with Gasteiger partial charge in [0.15, 0.2) is 5.76 Å². The zero-order valence-corrected chi connectivity index (χ0v) is 10.7. The fraction of sp³-hybridized carbons (Fsp3) is 0.308. The largest absolute Gasteiger partial charge is 0.359 e. The Bertz CT molecular complexity index is 542. The molecule has 1 aromatic heterocycles. The maximum atomic E-state index is 13.7. The average Bonchev–Trinajstić information content (AvgIpc) is 2.78. The number of halogens is 2. The quantitative estimate of drug-likeness (QED) is 0.914. The van der Waals surface area contributed by atoms with Crippen molar-refractivity contribution in [1.82, 2.24) is 5.16 Å². The molecule has 2 rings (SSSR count). The molecule has 0 bridgehead atoms. The highest BCUT2D eigenvalue weighted by Gasteiger charge is 2.15. The van der Waals surface area contributed by atoms with Gasteiger partial charge in [-0.15, -0.1) is 0 Å². The van der Waals surface area contributed by atoms with Gasteiger partial charge < -0.3 is 10.3 Å². The van der Waals surface area contributed by atoms with E-state index in [4.69, 9.17) is 21.9 Å². The van der Waals surface area contributed by atoms with Gasteiger partial charge in [0, 0.05) is 16.7 Å². The van der Waals surface area contributed by atoms with Crippen molar-refractivity contribution in [3.05, 3.63) is 40.9 Å². The van der Waals surface area contributed by atoms with E-state index in [1.165, 1.54) is 6.07 Å². The van der Waals surface area contributed by atoms with Gasteiger partial charge in [-0.2, -0.15) is 0 Å². The van der Waals surface area contributed by atoms with Crippen molar-refractivity contribution in [2.24, 2.45) is 5.73 Å². The maximum absolute atomic E-state index is 13.7. The van der Waals surface area contributed by atoms with Crippen LogP contribution in [0.25, 0.3) is 11.3 Å². The van der Waals surface area contributed by atoms with Crippen LogP contribution in [0.15, 0.2) is 28.8 Å². The summed E-state index contributed by atoms with van der Waals surface area (Å²) in [4.78, 5) is 0. The molecule has 18 heavy (non-hydrogen) atoms. The average molecular weight is 269 g/mol. The van der Waals surface area contributed by atoms with E-state index in [2.05, 4.69) is 5.16 Å². The molecule has 1 heterocycles. The lowest BCUT2D eigenvalue weighted by Crippen LogP contribution is -2.08. The molecule has 0 saturated carbocycles. The number of aromatic nitrogens is 1. The monoisotopic (exact) mass is 268 g/mol. The molecule has 1 unspecified atom stereocenters. The van der Waals surface area contributed by atoms with Gasteiger partial charge in [-0.05, 0) is 24.6 Å². The number of hydrogen-bond acceptors (Lipinski definition) is 3. The molecule has 3 nitrogen and oxygen atoms in total. The van der Waals surface area contributed by atoms with Crippen LogP contribution in [-0.2, 0) is 0 Å². The fourth-order valence-corrected chi connectivity index (χ4v) is 1.90. The minimum Gasteiger partial charge on any atom is -0.359 e. The van der Waals surface area contributed by atoms with Crippen molar-refractivity contribution in [1.29, 1.82) is 0 Å². The molecule has 2 aromatic rings. The van der Waals surface area contributed by atoms with Gasteiger partial charge >= 0.3 is 0 Å². The Labute approximate surface area is 110 Å². The number of hydrogen-bond donors (Lipinski definition) is 1. The Morgan fingerprint density at radius 1 is 1.44 bits per heavy atom. The van der Waals surface area contributed by atoms with Crippen LogP contribution in [0.1, 0.15) is 31.6 Å². The Kier molecular flexibility index (Phi) is 3.99. The molecule has 0 saturated heterocycles. The lowest BCUT2D eigenvalue weighted by Gasteiger charge is -2.03. The van der Waals surface area contributed by atoms with Gasteiger partial charge in [-0.1, -0.05) is 30.1 Å². The molecular formula is C13H14ClFN2O.